The zero-order valence-corrected chi connectivity index (χ0v) is 11.1. The molecule has 1 aromatic carbocycles. The second-order valence-electron chi connectivity index (χ2n) is 3.75. The lowest BCUT2D eigenvalue weighted by atomic mass is 10.2. The average Bonchev–Trinajstić information content (AvgIpc) is 2.31. The minimum absolute atomic E-state index is 0.669. The molecule has 2 nitrogen and oxygen atoms in total. The second-order valence-corrected chi connectivity index (χ2v) is 5.03. The predicted molar refractivity (Wildman–Crippen MR) is 72.3 cm³/mol. The van der Waals surface area contributed by atoms with Crippen LogP contribution in [0.2, 0.25) is 0 Å². The zero-order valence-electron chi connectivity index (χ0n) is 10.3. The Labute approximate surface area is 103 Å². The molecular weight excluding hydrogens is 218 g/mol. The van der Waals surface area contributed by atoms with Gasteiger partial charge in [0.15, 0.2) is 0 Å². The van der Waals surface area contributed by atoms with Crippen LogP contribution in [-0.4, -0.2) is 24.7 Å². The maximum atomic E-state index is 5.40. The van der Waals surface area contributed by atoms with Crippen molar-refractivity contribution < 1.29 is 4.74 Å². The van der Waals surface area contributed by atoms with Crippen LogP contribution in [0.1, 0.15) is 19.4 Å². The highest BCUT2D eigenvalue weighted by atomic mass is 32.2. The van der Waals surface area contributed by atoms with Crippen LogP contribution in [0.5, 0.6) is 5.75 Å². The molecule has 0 aromatic heterocycles. The summed E-state index contributed by atoms with van der Waals surface area (Å²) in [7, 11) is 0. The maximum Gasteiger partial charge on any atom is 0.119 e. The highest BCUT2D eigenvalue weighted by Gasteiger charge is 1.99. The average molecular weight is 239 g/mol. The number of rotatable bonds is 7. The lowest BCUT2D eigenvalue weighted by Crippen LogP contribution is -2.21. The zero-order chi connectivity index (χ0) is 11.8. The fourth-order valence-corrected chi connectivity index (χ4v) is 1.66. The van der Waals surface area contributed by atoms with Gasteiger partial charge in [0, 0.05) is 18.3 Å². The molecule has 0 saturated heterocycles. The largest absolute Gasteiger partial charge is 0.494 e. The molecular formula is C13H21NOS. The molecule has 1 unspecified atom stereocenters. The number of hydrogen-bond acceptors (Lipinski definition) is 3. The summed E-state index contributed by atoms with van der Waals surface area (Å²) >= 11 is 1.89. The Kier molecular flexibility index (Phi) is 6.34. The normalized spacial score (nSPS) is 12.4. The summed E-state index contributed by atoms with van der Waals surface area (Å²) in [5.41, 5.74) is 1.30. The molecule has 0 aliphatic rings. The van der Waals surface area contributed by atoms with E-state index in [2.05, 4.69) is 30.6 Å². The minimum Gasteiger partial charge on any atom is -0.494 e. The molecule has 3 heteroatoms. The summed E-state index contributed by atoms with van der Waals surface area (Å²) in [4.78, 5) is 0. The summed E-state index contributed by atoms with van der Waals surface area (Å²) in [5.74, 6) is 0.948. The molecule has 0 amide bonds. The van der Waals surface area contributed by atoms with Gasteiger partial charge in [0.05, 0.1) is 6.61 Å². The highest BCUT2D eigenvalue weighted by Crippen LogP contribution is 2.12. The van der Waals surface area contributed by atoms with Crippen molar-refractivity contribution >= 4 is 11.8 Å². The highest BCUT2D eigenvalue weighted by molar-refractivity contribution is 7.99. The van der Waals surface area contributed by atoms with Gasteiger partial charge >= 0.3 is 0 Å². The number of nitrogens with one attached hydrogen (secondary N) is 1. The predicted octanol–water partition coefficient (Wildman–Crippen LogP) is 2.93. The van der Waals surface area contributed by atoms with E-state index in [1.54, 1.807) is 0 Å². The Bertz CT molecular complexity index is 286. The molecule has 1 aromatic rings. The SMILES string of the molecule is CCOc1ccc(CNCC(C)SC)cc1. The van der Waals surface area contributed by atoms with Crippen LogP contribution in [0.15, 0.2) is 24.3 Å². The van der Waals surface area contributed by atoms with Crippen molar-refractivity contribution in [3.05, 3.63) is 29.8 Å². The second kappa shape index (κ2) is 7.58. The van der Waals surface area contributed by atoms with E-state index in [9.17, 15) is 0 Å². The van der Waals surface area contributed by atoms with Crippen LogP contribution in [0.3, 0.4) is 0 Å². The fourth-order valence-electron chi connectivity index (χ4n) is 1.37. The van der Waals surface area contributed by atoms with Gasteiger partial charge in [-0.25, -0.2) is 0 Å². The fraction of sp³-hybridized carbons (Fsp3) is 0.538. The Morgan fingerprint density at radius 1 is 1.31 bits per heavy atom. The van der Waals surface area contributed by atoms with Gasteiger partial charge in [0.1, 0.15) is 5.75 Å². The molecule has 0 heterocycles. The van der Waals surface area contributed by atoms with E-state index >= 15 is 0 Å². The Morgan fingerprint density at radius 3 is 2.56 bits per heavy atom. The quantitative estimate of drug-likeness (QED) is 0.790. The third-order valence-corrected chi connectivity index (χ3v) is 3.37. The van der Waals surface area contributed by atoms with Gasteiger partial charge in [0.2, 0.25) is 0 Å². The summed E-state index contributed by atoms with van der Waals surface area (Å²) in [6.45, 7) is 6.93. The van der Waals surface area contributed by atoms with Gasteiger partial charge in [-0.15, -0.1) is 0 Å². The molecule has 1 atom stereocenters. The minimum atomic E-state index is 0.669. The van der Waals surface area contributed by atoms with E-state index in [0.29, 0.717) is 5.25 Å². The van der Waals surface area contributed by atoms with Crippen LogP contribution >= 0.6 is 11.8 Å². The Morgan fingerprint density at radius 2 is 2.00 bits per heavy atom. The summed E-state index contributed by atoms with van der Waals surface area (Å²) in [5, 5.41) is 4.11. The van der Waals surface area contributed by atoms with Gasteiger partial charge in [0.25, 0.3) is 0 Å². The third kappa shape index (κ3) is 4.90. The molecule has 0 aliphatic heterocycles. The van der Waals surface area contributed by atoms with Crippen LogP contribution in [-0.2, 0) is 6.54 Å². The topological polar surface area (TPSA) is 21.3 Å². The number of ether oxygens (including phenoxy) is 1. The number of thioether (sulfide) groups is 1. The molecule has 1 N–H and O–H groups in total. The first-order valence-electron chi connectivity index (χ1n) is 5.71. The van der Waals surface area contributed by atoms with E-state index in [4.69, 9.17) is 4.74 Å². The summed E-state index contributed by atoms with van der Waals surface area (Å²) in [6, 6.07) is 8.28. The summed E-state index contributed by atoms with van der Waals surface area (Å²) in [6.07, 6.45) is 2.14. The lowest BCUT2D eigenvalue weighted by molar-refractivity contribution is 0.340. The van der Waals surface area contributed by atoms with Crippen molar-refractivity contribution in [3.8, 4) is 5.75 Å². The summed E-state index contributed by atoms with van der Waals surface area (Å²) < 4.78 is 5.40. The van der Waals surface area contributed by atoms with Crippen LogP contribution in [0.25, 0.3) is 0 Å². The molecule has 90 valence electrons. The van der Waals surface area contributed by atoms with Crippen molar-refractivity contribution in [1.82, 2.24) is 5.32 Å². The molecule has 0 aliphatic carbocycles. The van der Waals surface area contributed by atoms with Gasteiger partial charge in [-0.2, -0.15) is 11.8 Å². The van der Waals surface area contributed by atoms with E-state index in [-0.39, 0.29) is 0 Å². The Hall–Kier alpha value is -0.670. The standard InChI is InChI=1S/C13H21NOS/c1-4-15-13-7-5-12(6-8-13)10-14-9-11(2)16-3/h5-8,11,14H,4,9-10H2,1-3H3. The monoisotopic (exact) mass is 239 g/mol. The molecule has 0 bridgehead atoms. The van der Waals surface area contributed by atoms with Crippen molar-refractivity contribution in [2.24, 2.45) is 0 Å². The first-order valence-corrected chi connectivity index (χ1v) is 7.00. The van der Waals surface area contributed by atoms with Gasteiger partial charge in [-0.05, 0) is 30.9 Å². The molecule has 0 saturated carbocycles. The Balaban J connectivity index is 2.31. The van der Waals surface area contributed by atoms with Gasteiger partial charge in [-0.3, -0.25) is 0 Å². The third-order valence-electron chi connectivity index (χ3n) is 2.40. The van der Waals surface area contributed by atoms with Gasteiger partial charge < -0.3 is 10.1 Å². The molecule has 0 spiro atoms. The van der Waals surface area contributed by atoms with Crippen molar-refractivity contribution in [1.29, 1.82) is 0 Å². The van der Waals surface area contributed by atoms with Crippen molar-refractivity contribution in [2.75, 3.05) is 19.4 Å². The van der Waals surface area contributed by atoms with Gasteiger partial charge in [-0.1, -0.05) is 19.1 Å². The molecule has 16 heavy (non-hydrogen) atoms. The first-order chi connectivity index (χ1) is 7.76. The van der Waals surface area contributed by atoms with Crippen LogP contribution < -0.4 is 10.1 Å². The van der Waals surface area contributed by atoms with E-state index in [1.807, 2.05) is 30.8 Å². The van der Waals surface area contributed by atoms with E-state index < -0.39 is 0 Å². The maximum absolute atomic E-state index is 5.40. The first kappa shape index (κ1) is 13.4. The van der Waals surface area contributed by atoms with E-state index in [1.165, 1.54) is 5.56 Å². The molecule has 0 fully saturated rings. The van der Waals surface area contributed by atoms with Crippen LogP contribution in [0, 0.1) is 0 Å². The van der Waals surface area contributed by atoms with E-state index in [0.717, 1.165) is 25.4 Å². The van der Waals surface area contributed by atoms with Crippen molar-refractivity contribution in [2.45, 2.75) is 25.6 Å². The molecule has 0 radical (unpaired) electrons. The van der Waals surface area contributed by atoms with Crippen molar-refractivity contribution in [3.63, 3.8) is 0 Å². The molecule has 1 rings (SSSR count). The number of hydrogen-bond donors (Lipinski definition) is 1. The number of benzene rings is 1. The van der Waals surface area contributed by atoms with Crippen LogP contribution in [0.4, 0.5) is 0 Å². The smallest absolute Gasteiger partial charge is 0.119 e. The lowest BCUT2D eigenvalue weighted by Gasteiger charge is -2.10.